The maximum absolute atomic E-state index is 11.2. The first kappa shape index (κ1) is 13.7. The topological polar surface area (TPSA) is 86.9 Å². The lowest BCUT2D eigenvalue weighted by Gasteiger charge is -2.37. The number of aliphatic carboxylic acids is 1. The van der Waals surface area contributed by atoms with Gasteiger partial charge in [0.25, 0.3) is 0 Å². The molecule has 0 saturated carbocycles. The van der Waals surface area contributed by atoms with Crippen molar-refractivity contribution in [1.82, 2.24) is 24.7 Å². The molecule has 1 aliphatic heterocycles. The zero-order chi connectivity index (χ0) is 14.8. The fourth-order valence-electron chi connectivity index (χ4n) is 2.74. The summed E-state index contributed by atoms with van der Waals surface area (Å²) in [6.45, 7) is 4.90. The zero-order valence-corrected chi connectivity index (χ0v) is 11.9. The van der Waals surface area contributed by atoms with Gasteiger partial charge < -0.3 is 10.0 Å². The van der Waals surface area contributed by atoms with Crippen molar-refractivity contribution >= 4 is 17.4 Å². The molecule has 3 heterocycles. The first-order valence-electron chi connectivity index (χ1n) is 7.08. The van der Waals surface area contributed by atoms with Gasteiger partial charge >= 0.3 is 5.97 Å². The Balaban J connectivity index is 1.68. The fourth-order valence-corrected chi connectivity index (χ4v) is 2.74. The lowest BCUT2D eigenvalue weighted by molar-refractivity contribution is -0.143. The summed E-state index contributed by atoms with van der Waals surface area (Å²) >= 11 is 0. The van der Waals surface area contributed by atoms with Crippen molar-refractivity contribution in [1.29, 1.82) is 0 Å². The quantitative estimate of drug-likeness (QED) is 0.855. The van der Waals surface area contributed by atoms with Crippen LogP contribution in [0.2, 0.25) is 0 Å². The Morgan fingerprint density at radius 2 is 2.10 bits per heavy atom. The Hall–Kier alpha value is -2.22. The van der Waals surface area contributed by atoms with Gasteiger partial charge in [-0.2, -0.15) is 4.52 Å². The maximum atomic E-state index is 11.2. The number of carboxylic acids is 1. The van der Waals surface area contributed by atoms with Crippen molar-refractivity contribution in [3.05, 3.63) is 18.5 Å². The van der Waals surface area contributed by atoms with Crippen LogP contribution in [0.4, 0.5) is 5.82 Å². The van der Waals surface area contributed by atoms with Gasteiger partial charge in [0.1, 0.15) is 18.2 Å². The predicted octanol–water partition coefficient (Wildman–Crippen LogP) is 0.109. The Morgan fingerprint density at radius 1 is 1.33 bits per heavy atom. The largest absolute Gasteiger partial charge is 0.480 e. The standard InChI is InChI=1S/C13H18N6O2/c1-2-10(13(20)21)17-5-7-18(8-6-17)12-4-3-11-15-14-9-19(11)16-12/h3-4,9-10H,2,5-8H2,1H3,(H,20,21). The molecule has 1 N–H and O–H groups in total. The molecule has 1 unspecified atom stereocenters. The van der Waals surface area contributed by atoms with E-state index in [-0.39, 0.29) is 6.04 Å². The van der Waals surface area contributed by atoms with Crippen molar-refractivity contribution in [2.24, 2.45) is 0 Å². The second-order valence-corrected chi connectivity index (χ2v) is 5.11. The van der Waals surface area contributed by atoms with Crippen molar-refractivity contribution in [3.8, 4) is 0 Å². The number of anilines is 1. The minimum atomic E-state index is -0.741. The van der Waals surface area contributed by atoms with E-state index in [9.17, 15) is 9.90 Å². The van der Waals surface area contributed by atoms with E-state index in [2.05, 4.69) is 20.2 Å². The highest BCUT2D eigenvalue weighted by Crippen LogP contribution is 2.16. The predicted molar refractivity (Wildman–Crippen MR) is 76.3 cm³/mol. The number of hydrogen-bond donors (Lipinski definition) is 1. The summed E-state index contributed by atoms with van der Waals surface area (Å²) in [7, 11) is 0. The smallest absolute Gasteiger partial charge is 0.320 e. The molecule has 1 atom stereocenters. The van der Waals surface area contributed by atoms with Gasteiger partial charge in [0, 0.05) is 26.2 Å². The number of hydrogen-bond acceptors (Lipinski definition) is 6. The van der Waals surface area contributed by atoms with Gasteiger partial charge in [0.15, 0.2) is 5.65 Å². The molecule has 2 aromatic rings. The Bertz CT molecular complexity index is 634. The SMILES string of the molecule is CCC(C(=O)O)N1CCN(c2ccc3nncn3n2)CC1. The Kier molecular flexibility index (Phi) is 3.70. The van der Waals surface area contributed by atoms with E-state index < -0.39 is 5.97 Å². The summed E-state index contributed by atoms with van der Waals surface area (Å²) in [5.41, 5.74) is 0.717. The van der Waals surface area contributed by atoms with Crippen molar-refractivity contribution in [2.75, 3.05) is 31.1 Å². The molecule has 8 nitrogen and oxygen atoms in total. The summed E-state index contributed by atoms with van der Waals surface area (Å²) in [5.74, 6) is 0.125. The molecule has 0 spiro atoms. The highest BCUT2D eigenvalue weighted by atomic mass is 16.4. The minimum absolute atomic E-state index is 0.388. The molecule has 2 aromatic heterocycles. The second-order valence-electron chi connectivity index (χ2n) is 5.11. The molecule has 8 heteroatoms. The van der Waals surface area contributed by atoms with E-state index >= 15 is 0 Å². The third-order valence-electron chi connectivity index (χ3n) is 3.90. The summed E-state index contributed by atoms with van der Waals surface area (Å²) in [5, 5.41) is 21.4. The van der Waals surface area contributed by atoms with Crippen LogP contribution in [0.15, 0.2) is 18.5 Å². The average molecular weight is 290 g/mol. The molecule has 3 rings (SSSR count). The molecule has 0 aromatic carbocycles. The van der Waals surface area contributed by atoms with E-state index in [1.165, 1.54) is 0 Å². The number of piperazine rings is 1. The number of aromatic nitrogens is 4. The van der Waals surface area contributed by atoms with Gasteiger partial charge in [0.05, 0.1) is 0 Å². The number of rotatable bonds is 4. The molecular weight excluding hydrogens is 272 g/mol. The molecular formula is C13H18N6O2. The van der Waals surface area contributed by atoms with Crippen LogP contribution < -0.4 is 4.90 Å². The minimum Gasteiger partial charge on any atom is -0.480 e. The van der Waals surface area contributed by atoms with Crippen LogP contribution in [0.1, 0.15) is 13.3 Å². The van der Waals surface area contributed by atoms with Gasteiger partial charge in [-0.25, -0.2) is 0 Å². The van der Waals surface area contributed by atoms with Crippen LogP contribution in [0.25, 0.3) is 5.65 Å². The lowest BCUT2D eigenvalue weighted by atomic mass is 10.1. The molecule has 0 aliphatic carbocycles. The molecule has 1 saturated heterocycles. The van der Waals surface area contributed by atoms with Crippen molar-refractivity contribution in [2.45, 2.75) is 19.4 Å². The van der Waals surface area contributed by atoms with Gasteiger partial charge in [-0.05, 0) is 18.6 Å². The Morgan fingerprint density at radius 3 is 2.76 bits per heavy atom. The van der Waals surface area contributed by atoms with Gasteiger partial charge in [-0.15, -0.1) is 15.3 Å². The summed E-state index contributed by atoms with van der Waals surface area (Å²) in [6.07, 6.45) is 2.20. The first-order valence-corrected chi connectivity index (χ1v) is 7.08. The number of fused-ring (bicyclic) bond motifs is 1. The van der Waals surface area contributed by atoms with Crippen molar-refractivity contribution in [3.63, 3.8) is 0 Å². The van der Waals surface area contributed by atoms with Gasteiger partial charge in [0.2, 0.25) is 0 Å². The monoisotopic (exact) mass is 290 g/mol. The molecule has 1 fully saturated rings. The summed E-state index contributed by atoms with van der Waals surface area (Å²) in [4.78, 5) is 15.4. The van der Waals surface area contributed by atoms with Crippen LogP contribution in [-0.4, -0.2) is 68.0 Å². The third kappa shape index (κ3) is 2.66. The Labute approximate surface area is 122 Å². The van der Waals surface area contributed by atoms with E-state index in [0.717, 1.165) is 32.0 Å². The maximum Gasteiger partial charge on any atom is 0.320 e. The molecule has 21 heavy (non-hydrogen) atoms. The van der Waals surface area contributed by atoms with E-state index in [1.807, 2.05) is 24.0 Å². The van der Waals surface area contributed by atoms with Gasteiger partial charge in [-0.3, -0.25) is 9.69 Å². The average Bonchev–Trinajstić information content (AvgIpc) is 2.95. The zero-order valence-electron chi connectivity index (χ0n) is 11.9. The van der Waals surface area contributed by atoms with Crippen LogP contribution >= 0.6 is 0 Å². The van der Waals surface area contributed by atoms with E-state index in [1.54, 1.807) is 10.8 Å². The number of carboxylic acid groups (broad SMARTS) is 1. The molecule has 0 radical (unpaired) electrons. The van der Waals surface area contributed by atoms with Crippen LogP contribution in [-0.2, 0) is 4.79 Å². The number of carbonyl (C=O) groups is 1. The molecule has 0 amide bonds. The highest BCUT2D eigenvalue weighted by Gasteiger charge is 2.27. The normalized spacial score (nSPS) is 18.0. The first-order chi connectivity index (χ1) is 10.2. The molecule has 112 valence electrons. The molecule has 1 aliphatic rings. The summed E-state index contributed by atoms with van der Waals surface area (Å²) in [6, 6.07) is 3.42. The second kappa shape index (κ2) is 5.65. The number of nitrogens with zero attached hydrogens (tertiary/aromatic N) is 6. The van der Waals surface area contributed by atoms with Crippen molar-refractivity contribution < 1.29 is 9.90 Å². The van der Waals surface area contributed by atoms with E-state index in [4.69, 9.17) is 0 Å². The van der Waals surface area contributed by atoms with Crippen LogP contribution in [0, 0.1) is 0 Å². The molecule has 0 bridgehead atoms. The van der Waals surface area contributed by atoms with Gasteiger partial charge in [-0.1, -0.05) is 6.92 Å². The van der Waals surface area contributed by atoms with Crippen LogP contribution in [0.5, 0.6) is 0 Å². The van der Waals surface area contributed by atoms with Crippen LogP contribution in [0.3, 0.4) is 0 Å². The third-order valence-corrected chi connectivity index (χ3v) is 3.90. The fraction of sp³-hybridized carbons (Fsp3) is 0.538. The highest BCUT2D eigenvalue weighted by molar-refractivity contribution is 5.73. The lowest BCUT2D eigenvalue weighted by Crippen LogP contribution is -2.52. The van der Waals surface area contributed by atoms with E-state index in [0.29, 0.717) is 12.1 Å². The summed E-state index contributed by atoms with van der Waals surface area (Å²) < 4.78 is 1.65.